The van der Waals surface area contributed by atoms with Crippen molar-refractivity contribution in [3.05, 3.63) is 34.9 Å². The monoisotopic (exact) mass is 283 g/mol. The fourth-order valence-corrected chi connectivity index (χ4v) is 1.63. The topological polar surface area (TPSA) is 66.4 Å². The molecule has 0 atom stereocenters. The normalized spacial score (nSPS) is 11.2. The minimum absolute atomic E-state index is 0.0986. The Hall–Kier alpha value is -1.39. The average molecular weight is 284 g/mol. The summed E-state index contributed by atoms with van der Waals surface area (Å²) < 4.78 is 0. The van der Waals surface area contributed by atoms with Gasteiger partial charge < -0.3 is 10.4 Å². The van der Waals surface area contributed by atoms with Gasteiger partial charge in [0.2, 0.25) is 5.91 Å². The third kappa shape index (κ3) is 6.36. The van der Waals surface area contributed by atoms with E-state index in [2.05, 4.69) is 5.32 Å². The molecule has 0 heterocycles. The first-order chi connectivity index (χ1) is 8.78. The third-order valence-electron chi connectivity index (χ3n) is 2.44. The third-order valence-corrected chi connectivity index (χ3v) is 2.68. The molecular weight excluding hydrogens is 266 g/mol. The minimum Gasteiger partial charge on any atom is -0.389 e. The quantitative estimate of drug-likeness (QED) is 0.787. The van der Waals surface area contributed by atoms with Crippen LogP contribution in [0, 0.1) is 0 Å². The zero-order valence-electron chi connectivity index (χ0n) is 11.1. The van der Waals surface area contributed by atoms with Crippen LogP contribution in [-0.2, 0) is 4.79 Å². The summed E-state index contributed by atoms with van der Waals surface area (Å²) in [4.78, 5) is 23.3. The van der Waals surface area contributed by atoms with Crippen molar-refractivity contribution in [1.29, 1.82) is 0 Å². The molecule has 0 bridgehead atoms. The van der Waals surface area contributed by atoms with E-state index >= 15 is 0 Å². The Morgan fingerprint density at radius 1 is 1.32 bits per heavy atom. The van der Waals surface area contributed by atoms with Gasteiger partial charge >= 0.3 is 0 Å². The van der Waals surface area contributed by atoms with E-state index in [1.165, 1.54) is 0 Å². The molecule has 0 fully saturated rings. The Morgan fingerprint density at radius 3 is 2.58 bits per heavy atom. The zero-order chi connectivity index (χ0) is 14.5. The highest BCUT2D eigenvalue weighted by atomic mass is 35.5. The maximum Gasteiger partial charge on any atom is 0.220 e. The summed E-state index contributed by atoms with van der Waals surface area (Å²) in [6.45, 7) is 3.37. The van der Waals surface area contributed by atoms with E-state index in [1.54, 1.807) is 38.1 Å². The molecule has 0 aliphatic rings. The van der Waals surface area contributed by atoms with Gasteiger partial charge in [0.1, 0.15) is 0 Å². The van der Waals surface area contributed by atoms with E-state index in [-0.39, 0.29) is 31.1 Å². The second kappa shape index (κ2) is 6.68. The van der Waals surface area contributed by atoms with Crippen LogP contribution in [0.1, 0.15) is 37.0 Å². The number of rotatable bonds is 6. The number of carbonyl (C=O) groups excluding carboxylic acids is 2. The van der Waals surface area contributed by atoms with Crippen molar-refractivity contribution in [2.24, 2.45) is 0 Å². The molecule has 19 heavy (non-hydrogen) atoms. The lowest BCUT2D eigenvalue weighted by Gasteiger charge is -2.17. The van der Waals surface area contributed by atoms with Crippen LogP contribution in [0.3, 0.4) is 0 Å². The first kappa shape index (κ1) is 15.7. The van der Waals surface area contributed by atoms with Gasteiger partial charge in [-0.3, -0.25) is 9.59 Å². The molecule has 1 aromatic rings. The lowest BCUT2D eigenvalue weighted by molar-refractivity contribution is -0.122. The Morgan fingerprint density at radius 2 is 2.00 bits per heavy atom. The van der Waals surface area contributed by atoms with Crippen LogP contribution in [0.25, 0.3) is 0 Å². The van der Waals surface area contributed by atoms with Crippen molar-refractivity contribution in [2.45, 2.75) is 32.3 Å². The molecule has 1 aromatic carbocycles. The van der Waals surface area contributed by atoms with Gasteiger partial charge in [-0.05, 0) is 26.0 Å². The van der Waals surface area contributed by atoms with Crippen LogP contribution in [0.2, 0.25) is 5.02 Å². The van der Waals surface area contributed by atoms with Gasteiger partial charge in [0, 0.05) is 30.0 Å². The van der Waals surface area contributed by atoms with E-state index < -0.39 is 5.60 Å². The molecule has 4 nitrogen and oxygen atoms in total. The number of aliphatic hydroxyl groups is 1. The number of nitrogens with one attached hydrogen (secondary N) is 1. The predicted molar refractivity (Wildman–Crippen MR) is 74.3 cm³/mol. The smallest absolute Gasteiger partial charge is 0.220 e. The van der Waals surface area contributed by atoms with E-state index in [4.69, 9.17) is 11.6 Å². The summed E-state index contributed by atoms with van der Waals surface area (Å²) in [7, 11) is 0. The van der Waals surface area contributed by atoms with E-state index in [1.807, 2.05) is 0 Å². The summed E-state index contributed by atoms with van der Waals surface area (Å²) in [5.41, 5.74) is -0.449. The number of hydrogen-bond donors (Lipinski definition) is 2. The standard InChI is InChI=1S/C14H18ClNO3/c1-14(2,19)9-16-13(18)7-6-12(17)10-4-3-5-11(15)8-10/h3-5,8,19H,6-7,9H2,1-2H3,(H,16,18). The fraction of sp³-hybridized carbons (Fsp3) is 0.429. The Bertz CT molecular complexity index is 466. The van der Waals surface area contributed by atoms with Crippen LogP contribution in [0.15, 0.2) is 24.3 Å². The van der Waals surface area contributed by atoms with Crippen LogP contribution in [-0.4, -0.2) is 28.9 Å². The number of halogens is 1. The number of amides is 1. The Balaban J connectivity index is 2.40. The molecule has 0 saturated heterocycles. The van der Waals surface area contributed by atoms with E-state index in [0.717, 1.165) is 0 Å². The molecular formula is C14H18ClNO3. The highest BCUT2D eigenvalue weighted by molar-refractivity contribution is 6.31. The fourth-order valence-electron chi connectivity index (χ4n) is 1.44. The molecule has 1 rings (SSSR count). The zero-order valence-corrected chi connectivity index (χ0v) is 11.8. The van der Waals surface area contributed by atoms with Crippen molar-refractivity contribution >= 4 is 23.3 Å². The van der Waals surface area contributed by atoms with Gasteiger partial charge in [-0.2, -0.15) is 0 Å². The summed E-state index contributed by atoms with van der Waals surface area (Å²) in [6.07, 6.45) is 0.222. The minimum atomic E-state index is -0.952. The second-order valence-corrected chi connectivity index (χ2v) is 5.46. The Kier molecular flexibility index (Phi) is 5.51. The number of hydrogen-bond acceptors (Lipinski definition) is 3. The van der Waals surface area contributed by atoms with E-state index in [0.29, 0.717) is 10.6 Å². The number of benzene rings is 1. The maximum absolute atomic E-state index is 11.8. The molecule has 0 aliphatic heterocycles. The van der Waals surface area contributed by atoms with Crippen LogP contribution >= 0.6 is 11.6 Å². The predicted octanol–water partition coefficient (Wildman–Crippen LogP) is 2.19. The van der Waals surface area contributed by atoms with Crippen LogP contribution < -0.4 is 5.32 Å². The largest absolute Gasteiger partial charge is 0.389 e. The van der Waals surface area contributed by atoms with Crippen molar-refractivity contribution in [3.63, 3.8) is 0 Å². The van der Waals surface area contributed by atoms with Crippen LogP contribution in [0.5, 0.6) is 0 Å². The summed E-state index contributed by atoms with van der Waals surface area (Å²) in [6, 6.07) is 6.64. The van der Waals surface area contributed by atoms with Crippen molar-refractivity contribution in [2.75, 3.05) is 6.54 Å². The lowest BCUT2D eigenvalue weighted by Crippen LogP contribution is -2.38. The van der Waals surface area contributed by atoms with Gasteiger partial charge in [-0.15, -0.1) is 0 Å². The molecule has 0 spiro atoms. The van der Waals surface area contributed by atoms with E-state index in [9.17, 15) is 14.7 Å². The van der Waals surface area contributed by atoms with Gasteiger partial charge in [-0.1, -0.05) is 23.7 Å². The average Bonchev–Trinajstić information content (AvgIpc) is 2.32. The maximum atomic E-state index is 11.8. The summed E-state index contributed by atoms with van der Waals surface area (Å²) in [5.74, 6) is -0.376. The molecule has 2 N–H and O–H groups in total. The molecule has 0 radical (unpaired) electrons. The highest BCUT2D eigenvalue weighted by Gasteiger charge is 2.15. The molecule has 0 unspecified atom stereocenters. The number of carbonyl (C=O) groups is 2. The molecule has 0 saturated carbocycles. The first-order valence-corrected chi connectivity index (χ1v) is 6.43. The summed E-state index contributed by atoms with van der Waals surface area (Å²) in [5, 5.41) is 12.5. The SMILES string of the molecule is CC(C)(O)CNC(=O)CCC(=O)c1cccc(Cl)c1. The molecule has 0 aliphatic carbocycles. The van der Waals surface area contributed by atoms with Gasteiger partial charge in [0.05, 0.1) is 5.60 Å². The molecule has 1 amide bonds. The van der Waals surface area contributed by atoms with Crippen molar-refractivity contribution < 1.29 is 14.7 Å². The summed E-state index contributed by atoms with van der Waals surface area (Å²) >= 11 is 5.79. The van der Waals surface area contributed by atoms with Crippen LogP contribution in [0.4, 0.5) is 0 Å². The van der Waals surface area contributed by atoms with Gasteiger partial charge in [0.15, 0.2) is 5.78 Å². The Labute approximate surface area is 117 Å². The van der Waals surface area contributed by atoms with Crippen molar-refractivity contribution in [3.8, 4) is 0 Å². The number of Topliss-reactive ketones (excluding diaryl/α,β-unsaturated/α-hetero) is 1. The van der Waals surface area contributed by atoms with Crippen molar-refractivity contribution in [1.82, 2.24) is 5.32 Å². The highest BCUT2D eigenvalue weighted by Crippen LogP contribution is 2.13. The first-order valence-electron chi connectivity index (χ1n) is 6.06. The number of ketones is 1. The molecule has 104 valence electrons. The molecule has 5 heteroatoms. The second-order valence-electron chi connectivity index (χ2n) is 5.02. The lowest BCUT2D eigenvalue weighted by atomic mass is 10.1. The molecule has 0 aromatic heterocycles. The van der Waals surface area contributed by atoms with Gasteiger partial charge in [0.25, 0.3) is 0 Å². The van der Waals surface area contributed by atoms with Gasteiger partial charge in [-0.25, -0.2) is 0 Å².